The van der Waals surface area contributed by atoms with Crippen LogP contribution in [0, 0.1) is 23.2 Å². The van der Waals surface area contributed by atoms with Gasteiger partial charge in [-0.1, -0.05) is 35.9 Å². The van der Waals surface area contributed by atoms with E-state index in [1.807, 2.05) is 31.2 Å². The highest BCUT2D eigenvalue weighted by Gasteiger charge is 2.77. The van der Waals surface area contributed by atoms with Crippen molar-refractivity contribution in [2.24, 2.45) is 11.8 Å². The number of halogens is 1. The number of nitriles is 1. The number of anilines is 1. The standard InChI is InChI=1S/C29H25ClN2O5/c1-28-23(35-2)15-29(37-28,13-14-36-19-10-8-18(30)9-11-19)25-24(28)26(33)32(27(25)34)22-12-7-17(16-31)20-5-3-4-6-21(20)22/h3-12,23-25H,13-15H2,1-2H3/t23-,24-,25+,28?,29?/m0/s1. The van der Waals surface area contributed by atoms with Gasteiger partial charge in [-0.2, -0.15) is 5.26 Å². The molecule has 0 saturated carbocycles. The number of carbonyl (C=O) groups is 2. The van der Waals surface area contributed by atoms with E-state index in [0.717, 1.165) is 0 Å². The molecule has 8 heteroatoms. The van der Waals surface area contributed by atoms with Crippen LogP contribution in [0.15, 0.2) is 60.7 Å². The van der Waals surface area contributed by atoms with Gasteiger partial charge in [0, 0.05) is 35.7 Å². The smallest absolute Gasteiger partial charge is 0.240 e. The first-order chi connectivity index (χ1) is 17.8. The summed E-state index contributed by atoms with van der Waals surface area (Å²) in [7, 11) is 1.61. The van der Waals surface area contributed by atoms with Crippen LogP contribution in [-0.4, -0.2) is 42.8 Å². The Hall–Kier alpha value is -3.44. The number of benzene rings is 3. The summed E-state index contributed by atoms with van der Waals surface area (Å²) in [4.78, 5) is 29.3. The van der Waals surface area contributed by atoms with Crippen LogP contribution in [0.2, 0.25) is 5.02 Å². The van der Waals surface area contributed by atoms with Gasteiger partial charge >= 0.3 is 0 Å². The molecule has 188 valence electrons. The molecule has 37 heavy (non-hydrogen) atoms. The fourth-order valence-electron chi connectivity index (χ4n) is 6.60. The highest BCUT2D eigenvalue weighted by Crippen LogP contribution is 2.63. The molecule has 3 aliphatic rings. The second kappa shape index (κ2) is 8.56. The third kappa shape index (κ3) is 3.40. The third-order valence-electron chi connectivity index (χ3n) is 8.24. The predicted molar refractivity (Wildman–Crippen MR) is 137 cm³/mol. The second-order valence-corrected chi connectivity index (χ2v) is 10.5. The van der Waals surface area contributed by atoms with Gasteiger partial charge in [-0.25, -0.2) is 4.90 Å². The Morgan fingerprint density at radius 1 is 1.05 bits per heavy atom. The van der Waals surface area contributed by atoms with Crippen molar-refractivity contribution in [3.63, 3.8) is 0 Å². The first kappa shape index (κ1) is 23.9. The highest BCUT2D eigenvalue weighted by atomic mass is 35.5. The van der Waals surface area contributed by atoms with Crippen molar-refractivity contribution >= 4 is 39.9 Å². The summed E-state index contributed by atoms with van der Waals surface area (Å²) < 4.78 is 18.3. The molecule has 3 heterocycles. The minimum absolute atomic E-state index is 0.283. The first-order valence-corrected chi connectivity index (χ1v) is 12.6. The van der Waals surface area contributed by atoms with E-state index in [1.165, 1.54) is 4.90 Å². The van der Waals surface area contributed by atoms with Gasteiger partial charge in [0.2, 0.25) is 11.8 Å². The Labute approximate surface area is 219 Å². The summed E-state index contributed by atoms with van der Waals surface area (Å²) in [6, 6.07) is 20.0. The molecule has 0 spiro atoms. The minimum Gasteiger partial charge on any atom is -0.493 e. The lowest BCUT2D eigenvalue weighted by Gasteiger charge is -2.35. The molecular formula is C29H25ClN2O5. The number of imide groups is 1. The summed E-state index contributed by atoms with van der Waals surface area (Å²) in [5.74, 6) is -1.24. The van der Waals surface area contributed by atoms with Crippen LogP contribution in [0.4, 0.5) is 5.69 Å². The molecule has 3 aromatic carbocycles. The number of hydrogen-bond donors (Lipinski definition) is 0. The maximum atomic E-state index is 14.1. The molecule has 0 aliphatic carbocycles. The molecular weight excluding hydrogens is 492 g/mol. The fraction of sp³-hybridized carbons (Fsp3) is 0.345. The maximum Gasteiger partial charge on any atom is 0.240 e. The molecule has 7 nitrogen and oxygen atoms in total. The van der Waals surface area contributed by atoms with Crippen molar-refractivity contribution in [3.05, 3.63) is 71.2 Å². The van der Waals surface area contributed by atoms with Crippen LogP contribution in [-0.2, 0) is 19.1 Å². The molecule has 3 aliphatic heterocycles. The van der Waals surface area contributed by atoms with Crippen LogP contribution in [0.1, 0.15) is 25.3 Å². The zero-order chi connectivity index (χ0) is 25.9. The first-order valence-electron chi connectivity index (χ1n) is 12.2. The number of methoxy groups -OCH3 is 1. The normalized spacial score (nSPS) is 30.1. The van der Waals surface area contributed by atoms with Crippen molar-refractivity contribution in [1.29, 1.82) is 5.26 Å². The lowest BCUT2D eigenvalue weighted by atomic mass is 9.66. The summed E-state index contributed by atoms with van der Waals surface area (Å²) in [6.07, 6.45) is 0.581. The van der Waals surface area contributed by atoms with Gasteiger partial charge in [-0.3, -0.25) is 9.59 Å². The van der Waals surface area contributed by atoms with Crippen LogP contribution in [0.5, 0.6) is 5.75 Å². The SMILES string of the molecule is CO[C@H]1CC2(CCOc3ccc(Cl)cc3)OC1(C)[C@@H]1C(=O)N(c3ccc(C#N)c4ccccc34)C(=O)[C@@H]12. The number of rotatable bonds is 6. The summed E-state index contributed by atoms with van der Waals surface area (Å²) in [5, 5.41) is 11.6. The molecule has 0 aromatic heterocycles. The maximum absolute atomic E-state index is 14.1. The molecule has 0 N–H and O–H groups in total. The molecule has 0 radical (unpaired) electrons. The predicted octanol–water partition coefficient (Wildman–Crippen LogP) is 4.89. The van der Waals surface area contributed by atoms with Crippen molar-refractivity contribution in [3.8, 4) is 11.8 Å². The van der Waals surface area contributed by atoms with E-state index >= 15 is 0 Å². The molecule has 3 aromatic rings. The van der Waals surface area contributed by atoms with E-state index < -0.39 is 23.0 Å². The number of carbonyl (C=O) groups excluding carboxylic acids is 2. The summed E-state index contributed by atoms with van der Waals surface area (Å²) >= 11 is 5.98. The highest BCUT2D eigenvalue weighted by molar-refractivity contribution is 6.30. The molecule has 3 fully saturated rings. The van der Waals surface area contributed by atoms with Crippen LogP contribution in [0.3, 0.4) is 0 Å². The average molecular weight is 517 g/mol. The molecule has 6 rings (SSSR count). The van der Waals surface area contributed by atoms with E-state index in [1.54, 1.807) is 43.5 Å². The molecule has 3 saturated heterocycles. The Balaban J connectivity index is 1.37. The number of nitrogens with zero attached hydrogens (tertiary/aromatic N) is 2. The van der Waals surface area contributed by atoms with E-state index in [0.29, 0.717) is 52.2 Å². The van der Waals surface area contributed by atoms with E-state index in [4.69, 9.17) is 25.8 Å². The van der Waals surface area contributed by atoms with Gasteiger partial charge in [-0.05, 0) is 43.3 Å². The van der Waals surface area contributed by atoms with Crippen molar-refractivity contribution < 1.29 is 23.8 Å². The Bertz CT molecular complexity index is 1470. The zero-order valence-electron chi connectivity index (χ0n) is 20.4. The number of fused-ring (bicyclic) bond motifs is 6. The van der Waals surface area contributed by atoms with Gasteiger partial charge in [0.25, 0.3) is 0 Å². The van der Waals surface area contributed by atoms with Crippen LogP contribution in [0.25, 0.3) is 10.8 Å². The Morgan fingerprint density at radius 2 is 1.76 bits per heavy atom. The Morgan fingerprint density at radius 3 is 2.46 bits per heavy atom. The van der Waals surface area contributed by atoms with Gasteiger partial charge in [0.15, 0.2) is 0 Å². The lowest BCUT2D eigenvalue weighted by Crippen LogP contribution is -2.50. The number of hydrogen-bond acceptors (Lipinski definition) is 6. The Kier molecular flexibility index (Phi) is 5.53. The van der Waals surface area contributed by atoms with Gasteiger partial charge in [0.05, 0.1) is 47.5 Å². The van der Waals surface area contributed by atoms with E-state index in [9.17, 15) is 14.9 Å². The van der Waals surface area contributed by atoms with Crippen molar-refractivity contribution in [2.45, 2.75) is 37.1 Å². The van der Waals surface area contributed by atoms with E-state index in [-0.39, 0.29) is 17.9 Å². The largest absolute Gasteiger partial charge is 0.493 e. The van der Waals surface area contributed by atoms with Gasteiger partial charge in [0.1, 0.15) is 11.4 Å². The van der Waals surface area contributed by atoms with Crippen molar-refractivity contribution in [2.75, 3.05) is 18.6 Å². The van der Waals surface area contributed by atoms with Gasteiger partial charge in [-0.15, -0.1) is 0 Å². The van der Waals surface area contributed by atoms with Crippen LogP contribution >= 0.6 is 11.6 Å². The molecule has 2 unspecified atom stereocenters. The quantitative estimate of drug-likeness (QED) is 0.434. The molecule has 2 amide bonds. The fourth-order valence-corrected chi connectivity index (χ4v) is 6.73. The number of amides is 2. The summed E-state index contributed by atoms with van der Waals surface area (Å²) in [6.45, 7) is 2.18. The van der Waals surface area contributed by atoms with Crippen LogP contribution < -0.4 is 9.64 Å². The molecule has 5 atom stereocenters. The van der Waals surface area contributed by atoms with Gasteiger partial charge < -0.3 is 14.2 Å². The third-order valence-corrected chi connectivity index (χ3v) is 8.49. The second-order valence-electron chi connectivity index (χ2n) is 10.1. The van der Waals surface area contributed by atoms with E-state index in [2.05, 4.69) is 6.07 Å². The zero-order valence-corrected chi connectivity index (χ0v) is 21.2. The summed E-state index contributed by atoms with van der Waals surface area (Å²) in [5.41, 5.74) is -0.854. The topological polar surface area (TPSA) is 88.9 Å². The average Bonchev–Trinajstić information content (AvgIpc) is 3.46. The number of ether oxygens (including phenoxy) is 3. The van der Waals surface area contributed by atoms with Crippen molar-refractivity contribution in [1.82, 2.24) is 0 Å². The monoisotopic (exact) mass is 516 g/mol. The molecule has 2 bridgehead atoms. The minimum atomic E-state index is -0.941. The lowest BCUT2D eigenvalue weighted by molar-refractivity contribution is -0.135.